The van der Waals surface area contributed by atoms with Gasteiger partial charge in [-0.15, -0.1) is 0 Å². The van der Waals surface area contributed by atoms with Crippen molar-refractivity contribution in [2.24, 2.45) is 0 Å². The molecule has 0 aromatic carbocycles. The van der Waals surface area contributed by atoms with E-state index >= 15 is 0 Å². The number of allylic oxidation sites excluding steroid dienone is 1. The molecule has 0 unspecified atom stereocenters. The first-order valence-electron chi connectivity index (χ1n) is 1.61. The molecule has 0 aromatic rings. The lowest BCUT2D eigenvalue weighted by Gasteiger charge is -1.78. The fourth-order valence-electron chi connectivity index (χ4n) is 0.117. The second-order valence-electron chi connectivity index (χ2n) is 0.889. The van der Waals surface area contributed by atoms with Gasteiger partial charge in [-0.05, 0) is 11.6 Å². The highest BCUT2D eigenvalue weighted by Crippen LogP contribution is 2.01. The van der Waals surface area contributed by atoms with E-state index in [1.54, 1.807) is 0 Å². The quantitative estimate of drug-likeness (QED) is 0.392. The van der Waals surface area contributed by atoms with Gasteiger partial charge in [0.25, 0.3) is 0 Å². The molecule has 3 nitrogen and oxygen atoms in total. The Morgan fingerprint density at radius 2 is 1.75 bits per heavy atom. The van der Waals surface area contributed by atoms with Crippen molar-refractivity contribution in [1.82, 2.24) is 0 Å². The van der Waals surface area contributed by atoms with Crippen LogP contribution in [0.25, 0.3) is 0 Å². The largest absolute Gasteiger partial charge is 0.497 e. The summed E-state index contributed by atoms with van der Waals surface area (Å²) >= 11 is 4.83. The normalized spacial score (nSPS) is 6.38. The molecule has 4 heteroatoms. The fourth-order valence-corrected chi connectivity index (χ4v) is 0.202. The molecule has 0 aliphatic rings. The van der Waals surface area contributed by atoms with Gasteiger partial charge >= 0.3 is 0 Å². The Bertz CT molecular complexity index is 175. The maximum atomic E-state index is 8.21. The van der Waals surface area contributed by atoms with Crippen LogP contribution in [-0.2, 0) is 0 Å². The van der Waals surface area contributed by atoms with Crippen LogP contribution in [0.5, 0.6) is 0 Å². The van der Waals surface area contributed by atoms with Crippen molar-refractivity contribution in [2.75, 3.05) is 0 Å². The first-order chi connectivity index (χ1) is 3.72. The van der Waals surface area contributed by atoms with E-state index in [-0.39, 0.29) is 0 Å². The first kappa shape index (κ1) is 6.81. The highest BCUT2D eigenvalue weighted by Gasteiger charge is 1.96. The number of rotatable bonds is 0. The van der Waals surface area contributed by atoms with Crippen molar-refractivity contribution in [2.45, 2.75) is 0 Å². The summed E-state index contributed by atoms with van der Waals surface area (Å²) in [4.78, 5) is 0. The van der Waals surface area contributed by atoms with E-state index in [0.29, 0.717) is 0 Å². The molecule has 40 valence electrons. The molecule has 0 saturated carbocycles. The molecule has 0 amide bonds. The predicted octanol–water partition coefficient (Wildman–Crippen LogP) is 1.04. The van der Waals surface area contributed by atoms with Gasteiger partial charge < -0.3 is 5.11 Å². The maximum absolute atomic E-state index is 8.21. The molecular formula is C4HClN2O. The van der Waals surface area contributed by atoms with Crippen LogP contribution >= 0.6 is 11.6 Å². The molecule has 0 fully saturated rings. The minimum absolute atomic E-state index is 0.466. The molecule has 0 atom stereocenters. The van der Waals surface area contributed by atoms with Gasteiger partial charge in [-0.3, -0.25) is 0 Å². The Morgan fingerprint density at radius 3 is 1.75 bits per heavy atom. The monoisotopic (exact) mass is 128 g/mol. The van der Waals surface area contributed by atoms with Crippen molar-refractivity contribution >= 4 is 11.6 Å². The van der Waals surface area contributed by atoms with Crippen LogP contribution in [0.4, 0.5) is 0 Å². The summed E-state index contributed by atoms with van der Waals surface area (Å²) in [6, 6.07) is 2.78. The summed E-state index contributed by atoms with van der Waals surface area (Å²) in [5, 5.41) is 23.3. The zero-order valence-electron chi connectivity index (χ0n) is 3.72. The van der Waals surface area contributed by atoms with Crippen LogP contribution in [0.1, 0.15) is 0 Å². The molecule has 0 aromatic heterocycles. The van der Waals surface area contributed by atoms with Crippen LogP contribution in [-0.4, -0.2) is 5.11 Å². The molecule has 0 saturated heterocycles. The number of nitrogens with zero attached hydrogens (tertiary/aromatic N) is 2. The average molecular weight is 129 g/mol. The predicted molar refractivity (Wildman–Crippen MR) is 26.7 cm³/mol. The van der Waals surface area contributed by atoms with Crippen molar-refractivity contribution < 1.29 is 5.11 Å². The summed E-state index contributed by atoms with van der Waals surface area (Å²) in [6.07, 6.45) is 0. The summed E-state index contributed by atoms with van der Waals surface area (Å²) in [6.45, 7) is 0. The second kappa shape index (κ2) is 2.90. The Kier molecular flexibility index (Phi) is 2.47. The number of hydrogen-bond acceptors (Lipinski definition) is 3. The molecule has 0 rings (SSSR count). The minimum atomic E-state index is -0.755. The zero-order valence-corrected chi connectivity index (χ0v) is 4.48. The third-order valence-corrected chi connectivity index (χ3v) is 0.619. The molecule has 0 radical (unpaired) electrons. The standard InChI is InChI=1S/C4HClN2O/c5-4(8)3(1-6)2-7/h8H. The second-order valence-corrected chi connectivity index (χ2v) is 1.25. The summed E-state index contributed by atoms with van der Waals surface area (Å²) in [5.74, 6) is 0. The Balaban J connectivity index is 4.47. The SMILES string of the molecule is N#CC(C#N)=C(O)Cl. The van der Waals surface area contributed by atoms with Gasteiger partial charge in [-0.2, -0.15) is 10.5 Å². The topological polar surface area (TPSA) is 67.8 Å². The van der Waals surface area contributed by atoms with Crippen LogP contribution in [0.15, 0.2) is 10.8 Å². The highest BCUT2D eigenvalue weighted by molar-refractivity contribution is 6.28. The van der Waals surface area contributed by atoms with Gasteiger partial charge in [0.05, 0.1) is 0 Å². The van der Waals surface area contributed by atoms with E-state index in [2.05, 4.69) is 0 Å². The summed E-state index contributed by atoms with van der Waals surface area (Å²) in [7, 11) is 0. The molecule has 0 heterocycles. The molecule has 1 N–H and O–H groups in total. The lowest BCUT2D eigenvalue weighted by Crippen LogP contribution is -1.75. The number of nitriles is 2. The third kappa shape index (κ3) is 1.51. The first-order valence-corrected chi connectivity index (χ1v) is 1.99. The van der Waals surface area contributed by atoms with E-state index < -0.39 is 10.8 Å². The fraction of sp³-hybridized carbons (Fsp3) is 0. The van der Waals surface area contributed by atoms with E-state index in [1.807, 2.05) is 0 Å². The van der Waals surface area contributed by atoms with E-state index in [9.17, 15) is 0 Å². The number of hydrogen-bond donors (Lipinski definition) is 1. The average Bonchev–Trinajstić information content (AvgIpc) is 1.69. The smallest absolute Gasteiger partial charge is 0.213 e. The Morgan fingerprint density at radius 1 is 1.38 bits per heavy atom. The lowest BCUT2D eigenvalue weighted by molar-refractivity contribution is 0.450. The van der Waals surface area contributed by atoms with Crippen LogP contribution in [0.3, 0.4) is 0 Å². The Hall–Kier alpha value is -1.19. The van der Waals surface area contributed by atoms with Crippen molar-refractivity contribution in [3.8, 4) is 12.1 Å². The molecule has 0 aliphatic heterocycles. The molecule has 0 aliphatic carbocycles. The molecule has 0 spiro atoms. The number of aliphatic hydroxyl groups excluding tert-OH is 1. The van der Waals surface area contributed by atoms with Gasteiger partial charge in [0.1, 0.15) is 12.1 Å². The van der Waals surface area contributed by atoms with E-state index in [0.717, 1.165) is 0 Å². The number of halogens is 1. The molecule has 8 heavy (non-hydrogen) atoms. The highest BCUT2D eigenvalue weighted by atomic mass is 35.5. The van der Waals surface area contributed by atoms with Gasteiger partial charge in [-0.25, -0.2) is 0 Å². The number of aliphatic hydroxyl groups is 1. The lowest BCUT2D eigenvalue weighted by atomic mass is 10.4. The van der Waals surface area contributed by atoms with Crippen molar-refractivity contribution in [3.05, 3.63) is 10.8 Å². The summed E-state index contributed by atoms with van der Waals surface area (Å²) < 4.78 is 0. The van der Waals surface area contributed by atoms with Crippen LogP contribution < -0.4 is 0 Å². The Labute approximate surface area is 51.0 Å². The van der Waals surface area contributed by atoms with Gasteiger partial charge in [0, 0.05) is 0 Å². The van der Waals surface area contributed by atoms with Crippen LogP contribution in [0.2, 0.25) is 0 Å². The van der Waals surface area contributed by atoms with Gasteiger partial charge in [0.15, 0.2) is 5.57 Å². The molecular weight excluding hydrogens is 128 g/mol. The van der Waals surface area contributed by atoms with Gasteiger partial charge in [-0.1, -0.05) is 0 Å². The maximum Gasteiger partial charge on any atom is 0.213 e. The van der Waals surface area contributed by atoms with Crippen molar-refractivity contribution in [1.29, 1.82) is 10.5 Å². The van der Waals surface area contributed by atoms with Crippen molar-refractivity contribution in [3.63, 3.8) is 0 Å². The van der Waals surface area contributed by atoms with E-state index in [4.69, 9.17) is 27.2 Å². The van der Waals surface area contributed by atoms with Gasteiger partial charge in [0.2, 0.25) is 5.22 Å². The minimum Gasteiger partial charge on any atom is -0.497 e. The zero-order chi connectivity index (χ0) is 6.57. The third-order valence-electron chi connectivity index (χ3n) is 0.430. The summed E-state index contributed by atoms with van der Waals surface area (Å²) in [5.41, 5.74) is -0.466. The van der Waals surface area contributed by atoms with Crippen LogP contribution in [0, 0.1) is 22.7 Å². The van der Waals surface area contributed by atoms with E-state index in [1.165, 1.54) is 12.1 Å². The molecule has 0 bridgehead atoms.